The summed E-state index contributed by atoms with van der Waals surface area (Å²) in [5.74, 6) is 0.189. The fourth-order valence-electron chi connectivity index (χ4n) is 3.06. The monoisotopic (exact) mass is 406 g/mol. The highest BCUT2D eigenvalue weighted by molar-refractivity contribution is 7.13. The van der Waals surface area contributed by atoms with Gasteiger partial charge in [0.15, 0.2) is 0 Å². The number of piperazine rings is 1. The number of halogens is 1. The molecule has 2 heterocycles. The molecule has 6 nitrogen and oxygen atoms in total. The Morgan fingerprint density at radius 1 is 1.25 bits per heavy atom. The molecule has 1 aromatic carbocycles. The number of aryl methyl sites for hydroxylation is 1. The van der Waals surface area contributed by atoms with Crippen molar-refractivity contribution in [3.63, 3.8) is 0 Å². The van der Waals surface area contributed by atoms with Gasteiger partial charge in [-0.05, 0) is 51.2 Å². The van der Waals surface area contributed by atoms with Crippen molar-refractivity contribution in [1.82, 2.24) is 20.1 Å². The Hall–Kier alpha value is -2.03. The van der Waals surface area contributed by atoms with Crippen molar-refractivity contribution in [2.45, 2.75) is 20.0 Å². The third-order valence-corrected chi connectivity index (χ3v) is 5.89. The van der Waals surface area contributed by atoms with Gasteiger partial charge in [-0.2, -0.15) is 0 Å². The van der Waals surface area contributed by atoms with Crippen LogP contribution in [0.5, 0.6) is 5.75 Å². The molecule has 1 amide bonds. The lowest BCUT2D eigenvalue weighted by atomic mass is 10.3. The van der Waals surface area contributed by atoms with Gasteiger partial charge in [0, 0.05) is 32.7 Å². The molecule has 0 atom stereocenters. The van der Waals surface area contributed by atoms with E-state index >= 15 is 0 Å². The average molecular weight is 407 g/mol. The Morgan fingerprint density at radius 2 is 1.96 bits per heavy atom. The van der Waals surface area contributed by atoms with Crippen molar-refractivity contribution in [3.8, 4) is 5.75 Å². The van der Waals surface area contributed by atoms with Gasteiger partial charge in [-0.1, -0.05) is 0 Å². The number of carbonyl (C=O) groups excluding carboxylic acids is 1. The van der Waals surface area contributed by atoms with Gasteiger partial charge >= 0.3 is 0 Å². The Kier molecular flexibility index (Phi) is 7.36. The smallest absolute Gasteiger partial charge is 0.263 e. The van der Waals surface area contributed by atoms with Gasteiger partial charge < -0.3 is 19.9 Å². The summed E-state index contributed by atoms with van der Waals surface area (Å²) < 4.78 is 18.5. The number of rotatable bonds is 8. The van der Waals surface area contributed by atoms with E-state index in [2.05, 4.69) is 27.1 Å². The van der Waals surface area contributed by atoms with Crippen LogP contribution in [0, 0.1) is 12.7 Å². The molecule has 8 heteroatoms. The van der Waals surface area contributed by atoms with Crippen LogP contribution in [-0.2, 0) is 6.61 Å². The Bertz CT molecular complexity index is 773. The van der Waals surface area contributed by atoms with Gasteiger partial charge in [-0.15, -0.1) is 11.3 Å². The number of likely N-dealkylation sites (N-methyl/N-ethyl adjacent to an activating group) is 1. The van der Waals surface area contributed by atoms with Gasteiger partial charge in [0.05, 0.1) is 5.69 Å². The second-order valence-electron chi connectivity index (χ2n) is 7.02. The van der Waals surface area contributed by atoms with E-state index in [4.69, 9.17) is 4.74 Å². The van der Waals surface area contributed by atoms with Crippen LogP contribution in [0.15, 0.2) is 24.3 Å². The molecule has 0 unspecified atom stereocenters. The molecule has 0 bridgehead atoms. The number of amides is 1. The number of nitrogens with zero attached hydrogens (tertiary/aromatic N) is 3. The molecule has 1 fully saturated rings. The summed E-state index contributed by atoms with van der Waals surface area (Å²) in [6, 6.07) is 5.85. The summed E-state index contributed by atoms with van der Waals surface area (Å²) in [5, 5.41) is 3.72. The first-order valence-electron chi connectivity index (χ1n) is 9.55. The maximum absolute atomic E-state index is 12.9. The van der Waals surface area contributed by atoms with Crippen molar-refractivity contribution in [2.24, 2.45) is 0 Å². The fourth-order valence-corrected chi connectivity index (χ4v) is 3.95. The van der Waals surface area contributed by atoms with Gasteiger partial charge in [0.1, 0.15) is 28.1 Å². The molecular weight excluding hydrogens is 379 g/mol. The predicted octanol–water partition coefficient (Wildman–Crippen LogP) is 2.54. The molecule has 0 spiro atoms. The van der Waals surface area contributed by atoms with E-state index in [0.29, 0.717) is 22.9 Å². The van der Waals surface area contributed by atoms with E-state index in [1.165, 1.54) is 23.5 Å². The summed E-state index contributed by atoms with van der Waals surface area (Å²) >= 11 is 1.34. The minimum Gasteiger partial charge on any atom is -0.486 e. The Morgan fingerprint density at radius 3 is 2.68 bits per heavy atom. The lowest BCUT2D eigenvalue weighted by Crippen LogP contribution is -2.45. The third kappa shape index (κ3) is 5.98. The Labute approximate surface area is 169 Å². The number of carbonyl (C=O) groups is 1. The standard InChI is InChI=1S/C20H27FN4O2S/c1-15-19(20(26)22-8-3-9-25-12-10-24(2)11-13-25)28-18(23-15)14-27-17-6-4-16(21)5-7-17/h4-7H,3,8-14H2,1-2H3,(H,22,26). The number of aromatic nitrogens is 1. The molecule has 28 heavy (non-hydrogen) atoms. The number of ether oxygens (including phenoxy) is 1. The topological polar surface area (TPSA) is 57.7 Å². The second-order valence-corrected chi connectivity index (χ2v) is 8.10. The zero-order valence-electron chi connectivity index (χ0n) is 16.4. The summed E-state index contributed by atoms with van der Waals surface area (Å²) in [5.41, 5.74) is 0.708. The van der Waals surface area contributed by atoms with Crippen LogP contribution < -0.4 is 10.1 Å². The highest BCUT2D eigenvalue weighted by Crippen LogP contribution is 2.20. The van der Waals surface area contributed by atoms with Crippen molar-refractivity contribution in [2.75, 3.05) is 46.3 Å². The first kappa shape index (κ1) is 20.7. The van der Waals surface area contributed by atoms with Crippen molar-refractivity contribution >= 4 is 17.2 Å². The van der Waals surface area contributed by atoms with E-state index in [1.807, 2.05) is 6.92 Å². The second kappa shape index (κ2) is 9.95. The fraction of sp³-hybridized carbons (Fsp3) is 0.500. The molecule has 0 radical (unpaired) electrons. The van der Waals surface area contributed by atoms with Gasteiger partial charge in [0.2, 0.25) is 0 Å². The molecule has 3 rings (SSSR count). The van der Waals surface area contributed by atoms with E-state index < -0.39 is 0 Å². The minimum atomic E-state index is -0.302. The van der Waals surface area contributed by atoms with Crippen LogP contribution in [0.2, 0.25) is 0 Å². The predicted molar refractivity (Wildman–Crippen MR) is 108 cm³/mol. The van der Waals surface area contributed by atoms with Gasteiger partial charge in [-0.3, -0.25) is 4.79 Å². The number of nitrogens with one attached hydrogen (secondary N) is 1. The molecule has 1 aromatic heterocycles. The van der Waals surface area contributed by atoms with Gasteiger partial charge in [0.25, 0.3) is 5.91 Å². The maximum Gasteiger partial charge on any atom is 0.263 e. The molecule has 1 aliphatic heterocycles. The lowest BCUT2D eigenvalue weighted by Gasteiger charge is -2.32. The highest BCUT2D eigenvalue weighted by atomic mass is 32.1. The number of hydrogen-bond acceptors (Lipinski definition) is 6. The third-order valence-electron chi connectivity index (χ3n) is 4.76. The zero-order valence-corrected chi connectivity index (χ0v) is 17.2. The highest BCUT2D eigenvalue weighted by Gasteiger charge is 2.16. The summed E-state index contributed by atoms with van der Waals surface area (Å²) in [6.45, 7) is 8.15. The first-order chi connectivity index (χ1) is 13.5. The number of thiazole rings is 1. The van der Waals surface area contributed by atoms with Crippen molar-refractivity contribution in [1.29, 1.82) is 0 Å². The lowest BCUT2D eigenvalue weighted by molar-refractivity contribution is 0.0952. The molecule has 2 aromatic rings. The minimum absolute atomic E-state index is 0.0820. The van der Waals surface area contributed by atoms with E-state index in [-0.39, 0.29) is 18.3 Å². The van der Waals surface area contributed by atoms with E-state index in [1.54, 1.807) is 12.1 Å². The first-order valence-corrected chi connectivity index (χ1v) is 10.4. The van der Waals surface area contributed by atoms with Crippen molar-refractivity contribution < 1.29 is 13.9 Å². The largest absolute Gasteiger partial charge is 0.486 e. The molecular formula is C20H27FN4O2S. The van der Waals surface area contributed by atoms with E-state index in [9.17, 15) is 9.18 Å². The van der Waals surface area contributed by atoms with Crippen LogP contribution in [0.4, 0.5) is 4.39 Å². The number of hydrogen-bond donors (Lipinski definition) is 1. The van der Waals surface area contributed by atoms with Crippen LogP contribution in [0.25, 0.3) is 0 Å². The maximum atomic E-state index is 12.9. The van der Waals surface area contributed by atoms with Crippen LogP contribution in [0.1, 0.15) is 26.8 Å². The SMILES string of the molecule is Cc1nc(COc2ccc(F)cc2)sc1C(=O)NCCCN1CCN(C)CC1. The van der Waals surface area contributed by atoms with E-state index in [0.717, 1.165) is 44.2 Å². The van der Waals surface area contributed by atoms with Crippen LogP contribution >= 0.6 is 11.3 Å². The molecule has 152 valence electrons. The van der Waals surface area contributed by atoms with Gasteiger partial charge in [-0.25, -0.2) is 9.37 Å². The molecule has 0 saturated carbocycles. The normalized spacial score (nSPS) is 15.5. The summed E-state index contributed by atoms with van der Waals surface area (Å²) in [6.07, 6.45) is 0.938. The zero-order chi connectivity index (χ0) is 19.9. The Balaban J connectivity index is 1.41. The molecule has 1 saturated heterocycles. The average Bonchev–Trinajstić information content (AvgIpc) is 3.07. The molecule has 1 aliphatic rings. The quantitative estimate of drug-likeness (QED) is 0.683. The summed E-state index contributed by atoms with van der Waals surface area (Å²) in [7, 11) is 2.15. The summed E-state index contributed by atoms with van der Waals surface area (Å²) in [4.78, 5) is 22.3. The van der Waals surface area contributed by atoms with Crippen LogP contribution in [-0.4, -0.2) is 67.0 Å². The van der Waals surface area contributed by atoms with Crippen LogP contribution in [0.3, 0.4) is 0 Å². The molecule has 0 aliphatic carbocycles. The molecule has 1 N–H and O–H groups in total. The van der Waals surface area contributed by atoms with Crippen molar-refractivity contribution in [3.05, 3.63) is 45.7 Å². The number of benzene rings is 1.